The number of aryl methyl sites for hydroxylation is 3. The zero-order chi connectivity index (χ0) is 17.1. The van der Waals surface area contributed by atoms with E-state index in [0.29, 0.717) is 0 Å². The van der Waals surface area contributed by atoms with Crippen molar-refractivity contribution in [3.05, 3.63) is 101 Å². The minimum absolute atomic E-state index is 0.121. The molecule has 3 rings (SSSR count). The third-order valence-electron chi connectivity index (χ3n) is 4.37. The lowest BCUT2D eigenvalue weighted by Gasteiger charge is -2.15. The summed E-state index contributed by atoms with van der Waals surface area (Å²) in [6, 6.07) is 24.4. The van der Waals surface area contributed by atoms with E-state index in [1.807, 2.05) is 48.5 Å². The fraction of sp³-hybridized carbons (Fsp3) is 0.182. The van der Waals surface area contributed by atoms with Crippen LogP contribution in [0.25, 0.3) is 0 Å². The summed E-state index contributed by atoms with van der Waals surface area (Å²) in [5.74, 6) is 0. The highest BCUT2D eigenvalue weighted by molar-refractivity contribution is 7.54. The lowest BCUT2D eigenvalue weighted by molar-refractivity contribution is 0.589. The van der Waals surface area contributed by atoms with Gasteiger partial charge in [-0.05, 0) is 44.0 Å². The van der Waals surface area contributed by atoms with Crippen molar-refractivity contribution in [2.45, 2.75) is 26.4 Å². The largest absolute Gasteiger partial charge is 0.389 e. The minimum atomic E-state index is -1.58. The summed E-state index contributed by atoms with van der Waals surface area (Å²) < 4.78 is 13.5. The summed E-state index contributed by atoms with van der Waals surface area (Å²) in [6.07, 6.45) is 0. The molecule has 120 valence electrons. The molecule has 0 amide bonds. The van der Waals surface area contributed by atoms with E-state index >= 15 is 0 Å². The Balaban J connectivity index is 2.19. The molecule has 0 aliphatic rings. The van der Waals surface area contributed by atoms with Crippen LogP contribution >= 0.6 is 7.80 Å². The standard InChI is InChI=1S/C22H22OP/c1-16-14-17(2)21(18(3)15-16)22(19-10-6-4-7-11-19)24(23)20-12-8-5-9-13-20/h4-15,22H,1-3H3/q+1. The molecule has 2 heteroatoms. The van der Waals surface area contributed by atoms with Gasteiger partial charge in [-0.25, -0.2) is 0 Å². The van der Waals surface area contributed by atoms with Crippen LogP contribution in [-0.4, -0.2) is 0 Å². The topological polar surface area (TPSA) is 17.1 Å². The van der Waals surface area contributed by atoms with E-state index in [9.17, 15) is 4.57 Å². The summed E-state index contributed by atoms with van der Waals surface area (Å²) in [7, 11) is -1.58. The molecular weight excluding hydrogens is 311 g/mol. The van der Waals surface area contributed by atoms with Gasteiger partial charge in [0.1, 0.15) is 0 Å². The highest BCUT2D eigenvalue weighted by Gasteiger charge is 2.37. The molecule has 0 spiro atoms. The van der Waals surface area contributed by atoms with Crippen molar-refractivity contribution in [2.24, 2.45) is 0 Å². The Morgan fingerprint density at radius 2 is 1.25 bits per heavy atom. The minimum Gasteiger partial charge on any atom is -0.0670 e. The van der Waals surface area contributed by atoms with Crippen molar-refractivity contribution >= 4 is 13.1 Å². The van der Waals surface area contributed by atoms with Crippen LogP contribution in [-0.2, 0) is 4.57 Å². The van der Waals surface area contributed by atoms with Crippen molar-refractivity contribution < 1.29 is 4.57 Å². The van der Waals surface area contributed by atoms with Crippen LogP contribution < -0.4 is 5.30 Å². The number of hydrogen-bond acceptors (Lipinski definition) is 1. The molecule has 3 aromatic carbocycles. The Hall–Kier alpha value is -2.24. The van der Waals surface area contributed by atoms with Gasteiger partial charge in [0.05, 0.1) is 0 Å². The molecule has 0 aliphatic carbocycles. The van der Waals surface area contributed by atoms with Crippen molar-refractivity contribution in [3.8, 4) is 0 Å². The maximum absolute atomic E-state index is 13.5. The van der Waals surface area contributed by atoms with Crippen LogP contribution in [0.5, 0.6) is 0 Å². The summed E-state index contributed by atoms with van der Waals surface area (Å²) >= 11 is 0. The molecule has 0 heterocycles. The first-order chi connectivity index (χ1) is 11.6. The molecule has 0 fully saturated rings. The molecule has 0 saturated heterocycles. The zero-order valence-corrected chi connectivity index (χ0v) is 15.3. The van der Waals surface area contributed by atoms with Crippen LogP contribution in [0.2, 0.25) is 0 Å². The normalized spacial score (nSPS) is 12.7. The average Bonchev–Trinajstić information content (AvgIpc) is 2.59. The van der Waals surface area contributed by atoms with Gasteiger partial charge in [-0.1, -0.05) is 70.8 Å². The summed E-state index contributed by atoms with van der Waals surface area (Å²) in [5, 5.41) is 0.903. The van der Waals surface area contributed by atoms with Crippen molar-refractivity contribution in [1.82, 2.24) is 0 Å². The van der Waals surface area contributed by atoms with Crippen LogP contribution in [0.4, 0.5) is 0 Å². The van der Waals surface area contributed by atoms with E-state index in [1.54, 1.807) is 0 Å². The quantitative estimate of drug-likeness (QED) is 0.547. The first-order valence-corrected chi connectivity index (χ1v) is 9.55. The zero-order valence-electron chi connectivity index (χ0n) is 14.4. The monoisotopic (exact) mass is 333 g/mol. The van der Waals surface area contributed by atoms with Gasteiger partial charge in [-0.2, -0.15) is 0 Å². The lowest BCUT2D eigenvalue weighted by atomic mass is 9.94. The lowest BCUT2D eigenvalue weighted by Crippen LogP contribution is -2.08. The Kier molecular flexibility index (Phi) is 4.92. The average molecular weight is 333 g/mol. The van der Waals surface area contributed by atoms with E-state index < -0.39 is 7.80 Å². The van der Waals surface area contributed by atoms with Gasteiger partial charge in [0.15, 0.2) is 5.30 Å². The van der Waals surface area contributed by atoms with Crippen LogP contribution in [0, 0.1) is 20.8 Å². The van der Waals surface area contributed by atoms with Crippen molar-refractivity contribution in [1.29, 1.82) is 0 Å². The highest BCUT2D eigenvalue weighted by Crippen LogP contribution is 2.47. The molecule has 0 aliphatic heterocycles. The van der Waals surface area contributed by atoms with Crippen molar-refractivity contribution in [2.75, 3.05) is 0 Å². The molecule has 0 radical (unpaired) electrons. The van der Waals surface area contributed by atoms with Gasteiger partial charge in [-0.15, -0.1) is 0 Å². The second-order valence-electron chi connectivity index (χ2n) is 6.29. The summed E-state index contributed by atoms with van der Waals surface area (Å²) in [6.45, 7) is 6.36. The number of benzene rings is 3. The van der Waals surface area contributed by atoms with Crippen LogP contribution in [0.15, 0.2) is 72.8 Å². The Morgan fingerprint density at radius 1 is 0.750 bits per heavy atom. The SMILES string of the molecule is Cc1cc(C)c(C(c2ccccc2)[P+](=O)c2ccccc2)c(C)c1. The van der Waals surface area contributed by atoms with Crippen LogP contribution in [0.3, 0.4) is 0 Å². The van der Waals surface area contributed by atoms with E-state index in [4.69, 9.17) is 0 Å². The summed E-state index contributed by atoms with van der Waals surface area (Å²) in [5.41, 5.74) is 5.84. The predicted molar refractivity (Wildman–Crippen MR) is 103 cm³/mol. The van der Waals surface area contributed by atoms with Gasteiger partial charge in [0, 0.05) is 11.1 Å². The molecule has 1 nitrogen and oxygen atoms in total. The third-order valence-corrected chi connectivity index (χ3v) is 6.20. The molecular formula is C22H22OP+. The Labute approximate surface area is 145 Å². The van der Waals surface area contributed by atoms with Gasteiger partial charge < -0.3 is 0 Å². The van der Waals surface area contributed by atoms with E-state index in [0.717, 1.165) is 10.9 Å². The second kappa shape index (κ2) is 7.11. The fourth-order valence-corrected chi connectivity index (χ4v) is 5.25. The first-order valence-electron chi connectivity index (χ1n) is 8.22. The highest BCUT2D eigenvalue weighted by atomic mass is 31.1. The molecule has 3 aromatic rings. The Bertz CT molecular complexity index is 831. The van der Waals surface area contributed by atoms with Gasteiger partial charge in [0.25, 0.3) is 0 Å². The molecule has 2 unspecified atom stereocenters. The number of rotatable bonds is 4. The van der Waals surface area contributed by atoms with Gasteiger partial charge >= 0.3 is 7.80 Å². The third kappa shape index (κ3) is 3.32. The fourth-order valence-electron chi connectivity index (χ4n) is 3.40. The van der Waals surface area contributed by atoms with E-state index in [1.165, 1.54) is 22.3 Å². The maximum Gasteiger partial charge on any atom is 0.389 e. The van der Waals surface area contributed by atoms with E-state index in [2.05, 4.69) is 45.0 Å². The summed E-state index contributed by atoms with van der Waals surface area (Å²) in [4.78, 5) is 0. The van der Waals surface area contributed by atoms with Crippen LogP contribution in [0.1, 0.15) is 33.5 Å². The maximum atomic E-state index is 13.5. The molecule has 0 N–H and O–H groups in total. The molecule has 0 aromatic heterocycles. The predicted octanol–water partition coefficient (Wildman–Crippen LogP) is 5.85. The second-order valence-corrected chi connectivity index (χ2v) is 7.97. The molecule has 24 heavy (non-hydrogen) atoms. The molecule has 0 bridgehead atoms. The Morgan fingerprint density at radius 3 is 1.79 bits per heavy atom. The van der Waals surface area contributed by atoms with Gasteiger partial charge in [-0.3, -0.25) is 0 Å². The first kappa shape index (κ1) is 16.6. The number of hydrogen-bond donors (Lipinski definition) is 0. The molecule has 0 saturated carbocycles. The molecule has 2 atom stereocenters. The van der Waals surface area contributed by atoms with Crippen molar-refractivity contribution in [3.63, 3.8) is 0 Å². The van der Waals surface area contributed by atoms with Gasteiger partial charge in [0.2, 0.25) is 5.66 Å². The van der Waals surface area contributed by atoms with E-state index in [-0.39, 0.29) is 5.66 Å². The smallest absolute Gasteiger partial charge is 0.0670 e.